The second-order valence-electron chi connectivity index (χ2n) is 4.73. The van der Waals surface area contributed by atoms with Crippen molar-refractivity contribution in [2.75, 3.05) is 5.32 Å². The maximum Gasteiger partial charge on any atom is 0.146 e. The van der Waals surface area contributed by atoms with Crippen LogP contribution in [-0.4, -0.2) is 14.8 Å². The molecular formula is C13H16BrClN4. The lowest BCUT2D eigenvalue weighted by Gasteiger charge is -2.11. The van der Waals surface area contributed by atoms with E-state index in [4.69, 9.17) is 11.6 Å². The first-order valence-electron chi connectivity index (χ1n) is 6.12. The Bertz CT molecular complexity index is 553. The van der Waals surface area contributed by atoms with Gasteiger partial charge in [0.1, 0.15) is 12.2 Å². The minimum atomic E-state index is 0.539. The maximum absolute atomic E-state index is 6.16. The summed E-state index contributed by atoms with van der Waals surface area (Å²) in [6.45, 7) is 5.79. The molecule has 2 aromatic rings. The van der Waals surface area contributed by atoms with Gasteiger partial charge in [0.2, 0.25) is 0 Å². The fourth-order valence-electron chi connectivity index (χ4n) is 1.73. The zero-order valence-electron chi connectivity index (χ0n) is 10.9. The first-order chi connectivity index (χ1) is 9.06. The van der Waals surface area contributed by atoms with Gasteiger partial charge in [0.15, 0.2) is 0 Å². The molecule has 0 radical (unpaired) electrons. The molecule has 19 heavy (non-hydrogen) atoms. The van der Waals surface area contributed by atoms with Crippen LogP contribution in [0, 0.1) is 5.92 Å². The lowest BCUT2D eigenvalue weighted by atomic mass is 10.2. The van der Waals surface area contributed by atoms with Crippen molar-refractivity contribution in [3.63, 3.8) is 0 Å². The van der Waals surface area contributed by atoms with Gasteiger partial charge in [-0.3, -0.25) is 0 Å². The number of nitrogens with one attached hydrogen (secondary N) is 1. The molecule has 102 valence electrons. The average Bonchev–Trinajstić information content (AvgIpc) is 2.74. The number of aromatic nitrogens is 3. The SMILES string of the molecule is CC(C)Cn1ncnc1CNc1ccc(Br)cc1Cl. The zero-order chi connectivity index (χ0) is 13.8. The van der Waals surface area contributed by atoms with Gasteiger partial charge < -0.3 is 5.32 Å². The zero-order valence-corrected chi connectivity index (χ0v) is 13.2. The quantitative estimate of drug-likeness (QED) is 0.893. The van der Waals surface area contributed by atoms with Gasteiger partial charge in [-0.15, -0.1) is 0 Å². The van der Waals surface area contributed by atoms with Crippen LogP contribution in [0.5, 0.6) is 0 Å². The van der Waals surface area contributed by atoms with E-state index in [0.717, 1.165) is 22.5 Å². The number of anilines is 1. The third-order valence-electron chi connectivity index (χ3n) is 2.60. The first-order valence-corrected chi connectivity index (χ1v) is 7.29. The molecule has 0 fully saturated rings. The molecule has 0 aliphatic carbocycles. The van der Waals surface area contributed by atoms with E-state index in [2.05, 4.69) is 45.2 Å². The van der Waals surface area contributed by atoms with Gasteiger partial charge in [-0.1, -0.05) is 41.4 Å². The summed E-state index contributed by atoms with van der Waals surface area (Å²) in [5.41, 5.74) is 0.893. The summed E-state index contributed by atoms with van der Waals surface area (Å²) >= 11 is 9.54. The van der Waals surface area contributed by atoms with E-state index >= 15 is 0 Å². The number of hydrogen-bond acceptors (Lipinski definition) is 3. The van der Waals surface area contributed by atoms with Crippen molar-refractivity contribution in [2.45, 2.75) is 26.9 Å². The topological polar surface area (TPSA) is 42.7 Å². The third-order valence-corrected chi connectivity index (χ3v) is 3.41. The number of hydrogen-bond donors (Lipinski definition) is 1. The molecule has 0 saturated heterocycles. The smallest absolute Gasteiger partial charge is 0.146 e. The van der Waals surface area contributed by atoms with E-state index in [-0.39, 0.29) is 0 Å². The molecule has 1 aromatic carbocycles. The third kappa shape index (κ3) is 3.94. The van der Waals surface area contributed by atoms with E-state index in [1.54, 1.807) is 6.33 Å². The van der Waals surface area contributed by atoms with Gasteiger partial charge in [0.25, 0.3) is 0 Å². The maximum atomic E-state index is 6.16. The van der Waals surface area contributed by atoms with E-state index in [0.29, 0.717) is 17.5 Å². The lowest BCUT2D eigenvalue weighted by Crippen LogP contribution is -2.13. The van der Waals surface area contributed by atoms with Crippen LogP contribution in [0.25, 0.3) is 0 Å². The molecular weight excluding hydrogens is 328 g/mol. The van der Waals surface area contributed by atoms with Crippen molar-refractivity contribution in [3.05, 3.63) is 39.8 Å². The minimum Gasteiger partial charge on any atom is -0.377 e. The van der Waals surface area contributed by atoms with E-state index in [1.807, 2.05) is 22.9 Å². The molecule has 1 N–H and O–H groups in total. The van der Waals surface area contributed by atoms with Crippen LogP contribution >= 0.6 is 27.5 Å². The molecule has 0 atom stereocenters. The molecule has 1 aromatic heterocycles. The first kappa shape index (κ1) is 14.3. The second kappa shape index (κ2) is 6.39. The predicted molar refractivity (Wildman–Crippen MR) is 81.3 cm³/mol. The number of halogens is 2. The number of nitrogens with zero attached hydrogens (tertiary/aromatic N) is 3. The Morgan fingerprint density at radius 3 is 2.89 bits per heavy atom. The second-order valence-corrected chi connectivity index (χ2v) is 6.05. The molecule has 1 heterocycles. The van der Waals surface area contributed by atoms with Crippen molar-refractivity contribution in [1.29, 1.82) is 0 Å². The Labute approximate surface area is 126 Å². The van der Waals surface area contributed by atoms with Crippen molar-refractivity contribution < 1.29 is 0 Å². The Hall–Kier alpha value is -1.07. The summed E-state index contributed by atoms with van der Waals surface area (Å²) in [7, 11) is 0. The van der Waals surface area contributed by atoms with Crippen molar-refractivity contribution in [2.24, 2.45) is 5.92 Å². The van der Waals surface area contributed by atoms with Crippen LogP contribution in [0.2, 0.25) is 5.02 Å². The van der Waals surface area contributed by atoms with Gasteiger partial charge in [-0.2, -0.15) is 5.10 Å². The summed E-state index contributed by atoms with van der Waals surface area (Å²) in [4.78, 5) is 4.27. The summed E-state index contributed by atoms with van der Waals surface area (Å²) in [5, 5.41) is 8.19. The standard InChI is InChI=1S/C13H16BrClN4/c1-9(2)7-19-13(17-8-18-19)6-16-12-4-3-10(14)5-11(12)15/h3-5,8-9,16H,6-7H2,1-2H3. The summed E-state index contributed by atoms with van der Waals surface area (Å²) in [5.74, 6) is 1.45. The molecule has 0 spiro atoms. The van der Waals surface area contributed by atoms with Crippen LogP contribution in [-0.2, 0) is 13.1 Å². The molecule has 0 amide bonds. The number of rotatable bonds is 5. The van der Waals surface area contributed by atoms with Crippen LogP contribution in [0.15, 0.2) is 29.0 Å². The fourth-order valence-corrected chi connectivity index (χ4v) is 2.47. The summed E-state index contributed by atoms with van der Waals surface area (Å²) in [6, 6.07) is 5.76. The van der Waals surface area contributed by atoms with Gasteiger partial charge in [0, 0.05) is 11.0 Å². The molecule has 0 aliphatic rings. The van der Waals surface area contributed by atoms with E-state index < -0.39 is 0 Å². The summed E-state index contributed by atoms with van der Waals surface area (Å²) in [6.07, 6.45) is 1.59. The normalized spacial score (nSPS) is 11.0. The molecule has 0 saturated carbocycles. The Kier molecular flexibility index (Phi) is 4.82. The van der Waals surface area contributed by atoms with Crippen molar-refractivity contribution in [1.82, 2.24) is 14.8 Å². The van der Waals surface area contributed by atoms with E-state index in [1.165, 1.54) is 0 Å². The molecule has 6 heteroatoms. The summed E-state index contributed by atoms with van der Waals surface area (Å²) < 4.78 is 2.88. The molecule has 2 rings (SSSR count). The van der Waals surface area contributed by atoms with Crippen molar-refractivity contribution in [3.8, 4) is 0 Å². The molecule has 4 nitrogen and oxygen atoms in total. The highest BCUT2D eigenvalue weighted by Crippen LogP contribution is 2.25. The highest BCUT2D eigenvalue weighted by Gasteiger charge is 2.07. The Balaban J connectivity index is 2.04. The van der Waals surface area contributed by atoms with Gasteiger partial charge >= 0.3 is 0 Å². The van der Waals surface area contributed by atoms with Gasteiger partial charge in [0.05, 0.1) is 17.3 Å². The van der Waals surface area contributed by atoms with Gasteiger partial charge in [-0.05, 0) is 24.1 Å². The average molecular weight is 344 g/mol. The minimum absolute atomic E-state index is 0.539. The highest BCUT2D eigenvalue weighted by atomic mass is 79.9. The predicted octanol–water partition coefficient (Wildman–Crippen LogP) is 3.96. The molecule has 0 bridgehead atoms. The lowest BCUT2D eigenvalue weighted by molar-refractivity contribution is 0.468. The monoisotopic (exact) mass is 342 g/mol. The van der Waals surface area contributed by atoms with Crippen LogP contribution < -0.4 is 5.32 Å². The van der Waals surface area contributed by atoms with Crippen LogP contribution in [0.1, 0.15) is 19.7 Å². The van der Waals surface area contributed by atoms with Crippen LogP contribution in [0.3, 0.4) is 0 Å². The largest absolute Gasteiger partial charge is 0.377 e. The highest BCUT2D eigenvalue weighted by molar-refractivity contribution is 9.10. The van der Waals surface area contributed by atoms with Gasteiger partial charge in [-0.25, -0.2) is 9.67 Å². The van der Waals surface area contributed by atoms with Crippen molar-refractivity contribution >= 4 is 33.2 Å². The Morgan fingerprint density at radius 1 is 1.42 bits per heavy atom. The molecule has 0 aliphatic heterocycles. The number of benzene rings is 1. The van der Waals surface area contributed by atoms with Crippen LogP contribution in [0.4, 0.5) is 5.69 Å². The molecule has 0 unspecified atom stereocenters. The fraction of sp³-hybridized carbons (Fsp3) is 0.385. The Morgan fingerprint density at radius 2 is 2.21 bits per heavy atom. The van der Waals surface area contributed by atoms with E-state index in [9.17, 15) is 0 Å².